The molecule has 0 saturated heterocycles. The zero-order valence-electron chi connectivity index (χ0n) is 10.4. The third-order valence-corrected chi connectivity index (χ3v) is 2.56. The summed E-state index contributed by atoms with van der Waals surface area (Å²) in [5.41, 5.74) is 0.492. The number of hydrogen-bond acceptors (Lipinski definition) is 5. The third-order valence-electron chi connectivity index (χ3n) is 2.56. The molecule has 2 aromatic rings. The summed E-state index contributed by atoms with van der Waals surface area (Å²) in [4.78, 5) is 3.82. The first kappa shape index (κ1) is 14.3. The molecule has 0 saturated carbocycles. The molecule has 5 nitrogen and oxygen atoms in total. The maximum Gasteiger partial charge on any atom is 0.414 e. The molecule has 0 aliphatic carbocycles. The van der Waals surface area contributed by atoms with Gasteiger partial charge in [0.15, 0.2) is 6.10 Å². The molecular weight excluding hydrogens is 277 g/mol. The van der Waals surface area contributed by atoms with E-state index in [1.165, 1.54) is 7.11 Å². The summed E-state index contributed by atoms with van der Waals surface area (Å²) < 4.78 is 46.5. The van der Waals surface area contributed by atoms with Crippen LogP contribution in [0.15, 0.2) is 28.8 Å². The van der Waals surface area contributed by atoms with Crippen LogP contribution in [-0.4, -0.2) is 34.6 Å². The number of nitrogens with zero attached hydrogens (tertiary/aromatic N) is 2. The molecular formula is C12H11F3N2O3. The fourth-order valence-electron chi connectivity index (χ4n) is 1.56. The number of aliphatic hydroxyl groups is 1. The third kappa shape index (κ3) is 3.08. The van der Waals surface area contributed by atoms with Gasteiger partial charge in [0.25, 0.3) is 0 Å². The van der Waals surface area contributed by atoms with Gasteiger partial charge in [-0.05, 0) is 12.1 Å². The highest BCUT2D eigenvalue weighted by Gasteiger charge is 2.39. The minimum absolute atomic E-state index is 0.104. The molecule has 0 radical (unpaired) electrons. The number of rotatable bonds is 4. The van der Waals surface area contributed by atoms with Gasteiger partial charge in [0.05, 0.1) is 19.1 Å². The van der Waals surface area contributed by atoms with E-state index in [2.05, 4.69) is 10.1 Å². The molecule has 0 bridgehead atoms. The van der Waals surface area contributed by atoms with E-state index < -0.39 is 18.7 Å². The first-order chi connectivity index (χ1) is 9.41. The maximum absolute atomic E-state index is 12.2. The number of alkyl halides is 3. The first-order valence-electron chi connectivity index (χ1n) is 5.62. The molecule has 0 spiro atoms. The van der Waals surface area contributed by atoms with Crippen molar-refractivity contribution in [1.82, 2.24) is 10.1 Å². The van der Waals surface area contributed by atoms with E-state index in [-0.39, 0.29) is 11.7 Å². The molecule has 1 heterocycles. The minimum Gasteiger partial charge on any atom is -0.496 e. The molecule has 0 aliphatic rings. The van der Waals surface area contributed by atoms with E-state index in [9.17, 15) is 13.2 Å². The fourth-order valence-corrected chi connectivity index (χ4v) is 1.56. The van der Waals surface area contributed by atoms with Gasteiger partial charge in [0.1, 0.15) is 5.75 Å². The van der Waals surface area contributed by atoms with Crippen LogP contribution in [0.2, 0.25) is 0 Å². The summed E-state index contributed by atoms with van der Waals surface area (Å²) in [5, 5.41) is 12.5. The number of ether oxygens (including phenoxy) is 1. The normalized spacial score (nSPS) is 13.2. The van der Waals surface area contributed by atoms with Crippen LogP contribution in [0, 0.1) is 0 Å². The zero-order valence-corrected chi connectivity index (χ0v) is 10.4. The lowest BCUT2D eigenvalue weighted by atomic mass is 10.2. The first-order valence-corrected chi connectivity index (χ1v) is 5.62. The molecule has 2 rings (SSSR count). The lowest BCUT2D eigenvalue weighted by Gasteiger charge is -2.11. The van der Waals surface area contributed by atoms with Crippen LogP contribution in [-0.2, 0) is 6.42 Å². The Labute approximate surface area is 112 Å². The molecule has 0 aliphatic heterocycles. The number of benzene rings is 1. The fraction of sp³-hybridized carbons (Fsp3) is 0.333. The van der Waals surface area contributed by atoms with Crippen LogP contribution in [0.3, 0.4) is 0 Å². The van der Waals surface area contributed by atoms with Crippen molar-refractivity contribution in [2.75, 3.05) is 7.11 Å². The van der Waals surface area contributed by atoms with Crippen LogP contribution in [0.25, 0.3) is 11.4 Å². The second-order valence-corrected chi connectivity index (χ2v) is 3.97. The van der Waals surface area contributed by atoms with Crippen molar-refractivity contribution in [1.29, 1.82) is 0 Å². The summed E-state index contributed by atoms with van der Waals surface area (Å²) in [5.74, 6) is 0.277. The SMILES string of the molecule is COc1ccccc1-c1noc(CC(O)C(F)(F)F)n1. The molecule has 8 heteroatoms. The lowest BCUT2D eigenvalue weighted by Crippen LogP contribution is -2.30. The van der Waals surface area contributed by atoms with Crippen molar-refractivity contribution in [3.05, 3.63) is 30.2 Å². The van der Waals surface area contributed by atoms with Gasteiger partial charge in [0, 0.05) is 0 Å². The average molecular weight is 288 g/mol. The zero-order chi connectivity index (χ0) is 14.8. The van der Waals surface area contributed by atoms with Crippen molar-refractivity contribution in [2.45, 2.75) is 18.7 Å². The standard InChI is InChI=1S/C12H11F3N2O3/c1-19-8-5-3-2-4-7(8)11-16-10(20-17-11)6-9(18)12(13,14)15/h2-5,9,18H,6H2,1H3. The molecule has 1 unspecified atom stereocenters. The molecule has 0 amide bonds. The predicted octanol–water partition coefficient (Wildman–Crippen LogP) is 2.21. The molecule has 1 aromatic carbocycles. The Morgan fingerprint density at radius 3 is 2.70 bits per heavy atom. The monoisotopic (exact) mass is 288 g/mol. The number of aliphatic hydroxyl groups excluding tert-OH is 1. The second kappa shape index (κ2) is 5.49. The van der Waals surface area contributed by atoms with E-state index in [0.29, 0.717) is 11.3 Å². The highest BCUT2D eigenvalue weighted by Crippen LogP contribution is 2.28. The van der Waals surface area contributed by atoms with Crippen LogP contribution >= 0.6 is 0 Å². The van der Waals surface area contributed by atoms with Crippen LogP contribution in [0.4, 0.5) is 13.2 Å². The smallest absolute Gasteiger partial charge is 0.414 e. The van der Waals surface area contributed by atoms with Crippen molar-refractivity contribution in [3.63, 3.8) is 0 Å². The van der Waals surface area contributed by atoms with Gasteiger partial charge in [-0.15, -0.1) is 0 Å². The van der Waals surface area contributed by atoms with E-state index >= 15 is 0 Å². The number of halogens is 3. The van der Waals surface area contributed by atoms with Gasteiger partial charge in [-0.1, -0.05) is 17.3 Å². The minimum atomic E-state index is -4.72. The molecule has 108 valence electrons. The van der Waals surface area contributed by atoms with Gasteiger partial charge in [0.2, 0.25) is 11.7 Å². The van der Waals surface area contributed by atoms with Crippen LogP contribution in [0.5, 0.6) is 5.75 Å². The number of para-hydroxylation sites is 1. The van der Waals surface area contributed by atoms with Crippen molar-refractivity contribution in [3.8, 4) is 17.1 Å². The Balaban J connectivity index is 2.21. The van der Waals surface area contributed by atoms with Gasteiger partial charge in [-0.3, -0.25) is 0 Å². The van der Waals surface area contributed by atoms with Gasteiger partial charge in [-0.2, -0.15) is 18.2 Å². The van der Waals surface area contributed by atoms with Crippen LogP contribution < -0.4 is 4.74 Å². The second-order valence-electron chi connectivity index (χ2n) is 3.97. The molecule has 1 atom stereocenters. The van der Waals surface area contributed by atoms with Crippen molar-refractivity contribution >= 4 is 0 Å². The number of hydrogen-bond donors (Lipinski definition) is 1. The Morgan fingerprint density at radius 2 is 2.05 bits per heavy atom. The van der Waals surface area contributed by atoms with Gasteiger partial charge < -0.3 is 14.4 Å². The van der Waals surface area contributed by atoms with Crippen molar-refractivity contribution < 1.29 is 27.5 Å². The highest BCUT2D eigenvalue weighted by molar-refractivity contribution is 5.63. The molecule has 1 N–H and O–H groups in total. The number of aromatic nitrogens is 2. The quantitative estimate of drug-likeness (QED) is 0.934. The topological polar surface area (TPSA) is 68.4 Å². The Hall–Kier alpha value is -2.09. The van der Waals surface area contributed by atoms with E-state index in [1.807, 2.05) is 0 Å². The lowest BCUT2D eigenvalue weighted by molar-refractivity contribution is -0.204. The summed E-state index contributed by atoms with van der Waals surface area (Å²) in [6.45, 7) is 0. The summed E-state index contributed by atoms with van der Waals surface area (Å²) >= 11 is 0. The summed E-state index contributed by atoms with van der Waals surface area (Å²) in [7, 11) is 1.45. The highest BCUT2D eigenvalue weighted by atomic mass is 19.4. The average Bonchev–Trinajstić information content (AvgIpc) is 2.86. The van der Waals surface area contributed by atoms with Gasteiger partial charge >= 0.3 is 6.18 Å². The van der Waals surface area contributed by atoms with Crippen molar-refractivity contribution in [2.24, 2.45) is 0 Å². The largest absolute Gasteiger partial charge is 0.496 e. The van der Waals surface area contributed by atoms with E-state index in [0.717, 1.165) is 0 Å². The maximum atomic E-state index is 12.2. The molecule has 0 fully saturated rings. The van der Waals surface area contributed by atoms with Gasteiger partial charge in [-0.25, -0.2) is 0 Å². The number of methoxy groups -OCH3 is 1. The molecule has 20 heavy (non-hydrogen) atoms. The van der Waals surface area contributed by atoms with E-state index in [1.54, 1.807) is 24.3 Å². The van der Waals surface area contributed by atoms with E-state index in [4.69, 9.17) is 14.4 Å². The van der Waals surface area contributed by atoms with Crippen LogP contribution in [0.1, 0.15) is 5.89 Å². The Bertz CT molecular complexity index is 583. The summed E-state index contributed by atoms with van der Waals surface area (Å²) in [6.07, 6.45) is -8.04. The summed E-state index contributed by atoms with van der Waals surface area (Å²) in [6, 6.07) is 6.75. The molecule has 1 aromatic heterocycles. The Morgan fingerprint density at radius 1 is 1.35 bits per heavy atom. The predicted molar refractivity (Wildman–Crippen MR) is 62.1 cm³/mol. The Kier molecular flexibility index (Phi) is 3.93.